The zero-order chi connectivity index (χ0) is 15.2. The second kappa shape index (κ2) is 7.23. The van der Waals surface area contributed by atoms with Crippen molar-refractivity contribution in [3.63, 3.8) is 0 Å². The Labute approximate surface area is 126 Å². The van der Waals surface area contributed by atoms with Crippen LogP contribution in [0.2, 0.25) is 0 Å². The molecule has 0 bridgehead atoms. The molecule has 2 aromatic carbocycles. The Bertz CT molecular complexity index is 580. The summed E-state index contributed by atoms with van der Waals surface area (Å²) < 4.78 is 18.7. The van der Waals surface area contributed by atoms with Gasteiger partial charge in [0.25, 0.3) is 0 Å². The lowest BCUT2D eigenvalue weighted by atomic mass is 10.1. The van der Waals surface area contributed by atoms with Crippen LogP contribution in [0.15, 0.2) is 42.5 Å². The number of hydrogen-bond acceptors (Lipinski definition) is 2. The molecule has 0 heterocycles. The van der Waals surface area contributed by atoms with E-state index < -0.39 is 0 Å². The Hall–Kier alpha value is -1.87. The van der Waals surface area contributed by atoms with E-state index in [-0.39, 0.29) is 11.9 Å². The minimum absolute atomic E-state index is 0.0153. The van der Waals surface area contributed by atoms with E-state index in [0.717, 1.165) is 18.5 Å². The Kier molecular flexibility index (Phi) is 5.34. The number of benzene rings is 2. The molecule has 21 heavy (non-hydrogen) atoms. The fourth-order valence-electron chi connectivity index (χ4n) is 2.32. The van der Waals surface area contributed by atoms with Crippen molar-refractivity contribution in [1.82, 2.24) is 5.32 Å². The Balaban J connectivity index is 2.03. The highest BCUT2D eigenvalue weighted by Gasteiger charge is 2.12. The maximum Gasteiger partial charge on any atom is 0.123 e. The molecule has 0 aromatic heterocycles. The molecule has 2 aromatic rings. The van der Waals surface area contributed by atoms with E-state index >= 15 is 0 Å². The van der Waals surface area contributed by atoms with Crippen molar-refractivity contribution in [3.8, 4) is 5.75 Å². The molecule has 0 amide bonds. The van der Waals surface area contributed by atoms with E-state index in [1.807, 2.05) is 6.92 Å². The zero-order valence-corrected chi connectivity index (χ0v) is 12.8. The smallest absolute Gasteiger partial charge is 0.123 e. The minimum atomic E-state index is -0.244. The first-order valence-electron chi connectivity index (χ1n) is 7.28. The third kappa shape index (κ3) is 4.05. The molecule has 112 valence electrons. The van der Waals surface area contributed by atoms with E-state index in [1.54, 1.807) is 13.2 Å². The second-order valence-electron chi connectivity index (χ2n) is 5.16. The van der Waals surface area contributed by atoms with Gasteiger partial charge in [-0.15, -0.1) is 0 Å². The lowest BCUT2D eigenvalue weighted by molar-refractivity contribution is 0.399. The molecule has 0 radical (unpaired) electrons. The summed E-state index contributed by atoms with van der Waals surface area (Å²) in [5, 5.41) is 3.41. The molecule has 0 saturated heterocycles. The molecule has 0 spiro atoms. The predicted molar refractivity (Wildman–Crippen MR) is 84.0 cm³/mol. The molecule has 2 nitrogen and oxygen atoms in total. The van der Waals surface area contributed by atoms with E-state index in [9.17, 15) is 4.39 Å². The third-order valence-electron chi connectivity index (χ3n) is 3.70. The topological polar surface area (TPSA) is 21.3 Å². The SMILES string of the molecule is CCc1ccc(CNC(C)c2cc(F)ccc2OC)cc1. The molecule has 0 aliphatic carbocycles. The Morgan fingerprint density at radius 3 is 2.38 bits per heavy atom. The van der Waals surface area contributed by atoms with E-state index in [4.69, 9.17) is 4.74 Å². The highest BCUT2D eigenvalue weighted by Crippen LogP contribution is 2.26. The molecular weight excluding hydrogens is 265 g/mol. The molecule has 1 N–H and O–H groups in total. The van der Waals surface area contributed by atoms with Crippen LogP contribution in [0.1, 0.15) is 36.6 Å². The number of hydrogen-bond donors (Lipinski definition) is 1. The Morgan fingerprint density at radius 1 is 1.10 bits per heavy atom. The molecule has 1 atom stereocenters. The molecule has 2 rings (SSSR count). The number of halogens is 1. The van der Waals surface area contributed by atoms with Gasteiger partial charge in [-0.05, 0) is 42.7 Å². The predicted octanol–water partition coefficient (Wildman–Crippen LogP) is 4.25. The summed E-state index contributed by atoms with van der Waals surface area (Å²) in [6.07, 6.45) is 1.05. The van der Waals surface area contributed by atoms with Crippen LogP contribution in [0.5, 0.6) is 5.75 Å². The van der Waals surface area contributed by atoms with Crippen LogP contribution in [0.25, 0.3) is 0 Å². The molecule has 0 aliphatic rings. The normalized spacial score (nSPS) is 12.2. The van der Waals surface area contributed by atoms with Gasteiger partial charge in [-0.3, -0.25) is 0 Å². The Morgan fingerprint density at radius 2 is 1.76 bits per heavy atom. The molecule has 1 unspecified atom stereocenters. The quantitative estimate of drug-likeness (QED) is 0.857. The van der Waals surface area contributed by atoms with Crippen molar-refractivity contribution in [2.45, 2.75) is 32.9 Å². The maximum absolute atomic E-state index is 13.4. The first-order chi connectivity index (χ1) is 10.1. The number of ether oxygens (including phenoxy) is 1. The molecule has 0 aliphatic heterocycles. The third-order valence-corrected chi connectivity index (χ3v) is 3.70. The summed E-state index contributed by atoms with van der Waals surface area (Å²) in [6, 6.07) is 13.2. The van der Waals surface area contributed by atoms with E-state index in [2.05, 4.69) is 36.5 Å². The lowest BCUT2D eigenvalue weighted by Crippen LogP contribution is -2.19. The summed E-state index contributed by atoms with van der Waals surface area (Å²) in [6.45, 7) is 4.90. The van der Waals surface area contributed by atoms with Gasteiger partial charge in [0.15, 0.2) is 0 Å². The first-order valence-corrected chi connectivity index (χ1v) is 7.28. The second-order valence-corrected chi connectivity index (χ2v) is 5.16. The maximum atomic E-state index is 13.4. The number of rotatable bonds is 6. The number of methoxy groups -OCH3 is 1. The van der Waals surface area contributed by atoms with Crippen LogP contribution in [0.4, 0.5) is 4.39 Å². The molecule has 0 fully saturated rings. The highest BCUT2D eigenvalue weighted by molar-refractivity contribution is 5.36. The summed E-state index contributed by atoms with van der Waals surface area (Å²) in [5.74, 6) is 0.462. The van der Waals surface area contributed by atoms with Gasteiger partial charge in [0.1, 0.15) is 11.6 Å². The summed E-state index contributed by atoms with van der Waals surface area (Å²) >= 11 is 0. The van der Waals surface area contributed by atoms with Gasteiger partial charge >= 0.3 is 0 Å². The largest absolute Gasteiger partial charge is 0.496 e. The molecular formula is C18H22FNO. The lowest BCUT2D eigenvalue weighted by Gasteiger charge is -2.17. The minimum Gasteiger partial charge on any atom is -0.496 e. The highest BCUT2D eigenvalue weighted by atomic mass is 19.1. The van der Waals surface area contributed by atoms with Crippen molar-refractivity contribution in [3.05, 3.63) is 65.0 Å². The first kappa shape index (κ1) is 15.5. The van der Waals surface area contributed by atoms with Gasteiger partial charge < -0.3 is 10.1 Å². The van der Waals surface area contributed by atoms with E-state index in [0.29, 0.717) is 5.75 Å². The summed E-state index contributed by atoms with van der Waals surface area (Å²) in [5.41, 5.74) is 3.38. The van der Waals surface area contributed by atoms with Gasteiger partial charge in [-0.2, -0.15) is 0 Å². The van der Waals surface area contributed by atoms with Crippen molar-refractivity contribution in [1.29, 1.82) is 0 Å². The standard InChI is InChI=1S/C18H22FNO/c1-4-14-5-7-15(8-6-14)12-20-13(2)17-11-16(19)9-10-18(17)21-3/h5-11,13,20H,4,12H2,1-3H3. The van der Waals surface area contributed by atoms with Gasteiger partial charge in [0.2, 0.25) is 0 Å². The zero-order valence-electron chi connectivity index (χ0n) is 12.8. The van der Waals surface area contributed by atoms with Crippen LogP contribution < -0.4 is 10.1 Å². The van der Waals surface area contributed by atoms with Crippen molar-refractivity contribution in [2.75, 3.05) is 7.11 Å². The van der Waals surface area contributed by atoms with Gasteiger partial charge in [-0.25, -0.2) is 4.39 Å². The van der Waals surface area contributed by atoms with Gasteiger partial charge in [0, 0.05) is 18.2 Å². The van der Waals surface area contributed by atoms with Crippen LogP contribution in [-0.4, -0.2) is 7.11 Å². The fraction of sp³-hybridized carbons (Fsp3) is 0.333. The van der Waals surface area contributed by atoms with Gasteiger partial charge in [0.05, 0.1) is 7.11 Å². The van der Waals surface area contributed by atoms with Crippen LogP contribution in [0.3, 0.4) is 0 Å². The number of nitrogens with one attached hydrogen (secondary N) is 1. The van der Waals surface area contributed by atoms with Crippen LogP contribution in [0, 0.1) is 5.82 Å². The summed E-state index contributed by atoms with van der Waals surface area (Å²) in [4.78, 5) is 0. The van der Waals surface area contributed by atoms with Crippen molar-refractivity contribution >= 4 is 0 Å². The number of aryl methyl sites for hydroxylation is 1. The fourth-order valence-corrected chi connectivity index (χ4v) is 2.32. The summed E-state index contributed by atoms with van der Waals surface area (Å²) in [7, 11) is 1.60. The van der Waals surface area contributed by atoms with Crippen molar-refractivity contribution in [2.24, 2.45) is 0 Å². The molecule has 3 heteroatoms. The van der Waals surface area contributed by atoms with Crippen molar-refractivity contribution < 1.29 is 9.13 Å². The van der Waals surface area contributed by atoms with Gasteiger partial charge in [-0.1, -0.05) is 31.2 Å². The van der Waals surface area contributed by atoms with Crippen LogP contribution in [-0.2, 0) is 13.0 Å². The average Bonchev–Trinajstić information content (AvgIpc) is 2.53. The molecule has 0 saturated carbocycles. The van der Waals surface area contributed by atoms with E-state index in [1.165, 1.54) is 23.3 Å². The average molecular weight is 287 g/mol. The monoisotopic (exact) mass is 287 g/mol. The van der Waals surface area contributed by atoms with Crippen LogP contribution >= 0.6 is 0 Å².